The Balaban J connectivity index is 2.62. The minimum absolute atomic E-state index is 0.0828. The van der Waals surface area contributed by atoms with Gasteiger partial charge in [-0.1, -0.05) is 107 Å². The maximum Gasteiger partial charge on any atom is 0.308 e. The van der Waals surface area contributed by atoms with Crippen LogP contribution in [0.5, 0.6) is 0 Å². The molecule has 2 heterocycles. The lowest BCUT2D eigenvalue weighted by molar-refractivity contribution is -0.227. The quantitative estimate of drug-likeness (QED) is 0.0188. The van der Waals surface area contributed by atoms with Crippen molar-refractivity contribution in [3.63, 3.8) is 0 Å². The van der Waals surface area contributed by atoms with Gasteiger partial charge in [0.15, 0.2) is 31.2 Å². The number of carbonyl (C=O) groups is 2. The average molecular weight is 968 g/mol. The summed E-state index contributed by atoms with van der Waals surface area (Å²) in [5, 5.41) is 0. The molecule has 2 aliphatic heterocycles. The molecule has 11 unspecified atom stereocenters. The van der Waals surface area contributed by atoms with Crippen LogP contribution in [0, 0.1) is 11.8 Å². The van der Waals surface area contributed by atoms with Gasteiger partial charge in [-0.3, -0.25) is 9.59 Å². The zero-order valence-corrected chi connectivity index (χ0v) is 47.8. The zero-order chi connectivity index (χ0) is 49.2. The molecule has 10 nitrogen and oxygen atoms in total. The topological polar surface area (TPSA) is 111 Å². The SMILES string of the molecule is CCOC(C)OC1(C)CCC(O[Si](CC)(CC)CC)CC(=O)OC(C(C)=CC=CC(C)(CC2OC2C(C)C(CC)O[Si](CC)(CC)CC)O[Si](CC)(CC)CC)C(C)C=CC1OC(C)=O. The first-order valence-electron chi connectivity index (χ1n) is 26.1. The predicted molar refractivity (Wildman–Crippen MR) is 275 cm³/mol. The highest BCUT2D eigenvalue weighted by atomic mass is 28.4. The Kier molecular flexibility index (Phi) is 25.4. The number of epoxide rings is 1. The van der Waals surface area contributed by atoms with E-state index in [-0.39, 0.29) is 42.7 Å². The molecule has 0 aromatic rings. The fourth-order valence-electron chi connectivity index (χ4n) is 10.2. The number of hydrogen-bond donors (Lipinski definition) is 0. The second-order valence-electron chi connectivity index (χ2n) is 19.8. The molecule has 13 heteroatoms. The van der Waals surface area contributed by atoms with Gasteiger partial charge in [-0.2, -0.15) is 0 Å². The lowest BCUT2D eigenvalue weighted by Crippen LogP contribution is -2.48. The van der Waals surface area contributed by atoms with Crippen molar-refractivity contribution in [1.29, 1.82) is 0 Å². The number of ether oxygens (including phenoxy) is 5. The molecule has 0 aromatic heterocycles. The summed E-state index contributed by atoms with van der Waals surface area (Å²) in [6.45, 7) is 38.8. The smallest absolute Gasteiger partial charge is 0.308 e. The molecular weight excluding hydrogens is 869 g/mol. The van der Waals surface area contributed by atoms with E-state index in [2.05, 4.69) is 101 Å². The fraction of sp³-hybridized carbons (Fsp3) is 0.846. The largest absolute Gasteiger partial charge is 0.457 e. The Morgan fingerprint density at radius 2 is 1.45 bits per heavy atom. The molecule has 0 saturated carbocycles. The summed E-state index contributed by atoms with van der Waals surface area (Å²) in [6.07, 6.45) is 11.3. The first-order valence-corrected chi connectivity index (χ1v) is 33.6. The van der Waals surface area contributed by atoms with Crippen LogP contribution in [-0.4, -0.2) is 97.6 Å². The van der Waals surface area contributed by atoms with Gasteiger partial charge in [-0.15, -0.1) is 0 Å². The second-order valence-corrected chi connectivity index (χ2v) is 33.9. The molecule has 1 fully saturated rings. The molecule has 0 bridgehead atoms. The average Bonchev–Trinajstić information content (AvgIpc) is 4.05. The molecule has 0 radical (unpaired) electrons. The van der Waals surface area contributed by atoms with E-state index >= 15 is 0 Å². The van der Waals surface area contributed by atoms with Crippen LogP contribution in [0.1, 0.15) is 157 Å². The van der Waals surface area contributed by atoms with Crippen molar-refractivity contribution >= 4 is 36.9 Å². The number of carbonyl (C=O) groups excluding carboxylic acids is 2. The Morgan fingerprint density at radius 1 is 0.877 bits per heavy atom. The molecule has 0 aliphatic carbocycles. The summed E-state index contributed by atoms with van der Waals surface area (Å²) < 4.78 is 53.0. The van der Waals surface area contributed by atoms with Gasteiger partial charge in [0.2, 0.25) is 0 Å². The first-order chi connectivity index (χ1) is 30.6. The van der Waals surface area contributed by atoms with Crippen molar-refractivity contribution in [2.24, 2.45) is 11.8 Å². The fourth-order valence-corrected chi connectivity index (χ4v) is 19.2. The normalized spacial score (nSPS) is 27.6. The molecule has 0 aromatic carbocycles. The van der Waals surface area contributed by atoms with Crippen molar-refractivity contribution in [2.45, 2.75) is 265 Å². The van der Waals surface area contributed by atoms with Crippen LogP contribution in [0.4, 0.5) is 0 Å². The molecule has 378 valence electrons. The zero-order valence-electron chi connectivity index (χ0n) is 44.8. The Morgan fingerprint density at radius 3 is 1.95 bits per heavy atom. The van der Waals surface area contributed by atoms with Gasteiger partial charge in [-0.05, 0) is 120 Å². The van der Waals surface area contributed by atoms with E-state index in [1.807, 2.05) is 46.8 Å². The van der Waals surface area contributed by atoms with Gasteiger partial charge in [0.05, 0.1) is 30.3 Å². The van der Waals surface area contributed by atoms with Crippen LogP contribution < -0.4 is 0 Å². The third-order valence-corrected chi connectivity index (χ3v) is 29.6. The molecule has 0 spiro atoms. The van der Waals surface area contributed by atoms with Gasteiger partial charge >= 0.3 is 11.9 Å². The third kappa shape index (κ3) is 17.5. The van der Waals surface area contributed by atoms with Crippen molar-refractivity contribution in [3.8, 4) is 0 Å². The standard InChI is InChI=1S/C52H98O10Si3/c1-19-45(61-64(24-6,25-7)26-8)41(14)50-46(57-50)38-51(17,62-65(27-9,28-10)29-11)35-30-31-39(12)49-40(13)32-33-47(56-42(15)53)52(18,59-43(16)55-20-2)36-34-44(37-48(54)58-49)60-63(21-3,22-4)23-5/h30-33,35,40-41,43-47,49-50H,19-29,34,36-38H2,1-18H3. The van der Waals surface area contributed by atoms with Crippen LogP contribution in [0.15, 0.2) is 36.0 Å². The van der Waals surface area contributed by atoms with Crippen molar-refractivity contribution in [2.75, 3.05) is 6.61 Å². The maximum absolute atomic E-state index is 14.1. The molecule has 2 aliphatic rings. The molecule has 0 N–H and O–H groups in total. The van der Waals surface area contributed by atoms with Gasteiger partial charge in [0, 0.05) is 37.9 Å². The minimum atomic E-state index is -2.13. The van der Waals surface area contributed by atoms with Crippen molar-refractivity contribution in [3.05, 3.63) is 36.0 Å². The molecule has 1 saturated heterocycles. The van der Waals surface area contributed by atoms with Gasteiger partial charge in [0.1, 0.15) is 17.8 Å². The minimum Gasteiger partial charge on any atom is -0.457 e. The van der Waals surface area contributed by atoms with Crippen LogP contribution in [-0.2, 0) is 46.6 Å². The third-order valence-electron chi connectivity index (χ3n) is 15.5. The highest BCUT2D eigenvalue weighted by molar-refractivity contribution is 6.74. The van der Waals surface area contributed by atoms with E-state index in [1.165, 1.54) is 6.92 Å². The van der Waals surface area contributed by atoms with E-state index in [4.69, 9.17) is 37.0 Å². The second kappa shape index (κ2) is 27.7. The van der Waals surface area contributed by atoms with Crippen LogP contribution in [0.2, 0.25) is 54.4 Å². The number of rotatable bonds is 28. The Bertz CT molecular complexity index is 1480. The van der Waals surface area contributed by atoms with Crippen LogP contribution in [0.3, 0.4) is 0 Å². The lowest BCUT2D eigenvalue weighted by Gasteiger charge is -2.40. The van der Waals surface area contributed by atoms with Gasteiger partial charge < -0.3 is 37.0 Å². The summed E-state index contributed by atoms with van der Waals surface area (Å²) in [5.74, 6) is -0.667. The molecule has 2 rings (SSSR count). The van der Waals surface area contributed by atoms with E-state index in [0.717, 1.165) is 72.8 Å². The van der Waals surface area contributed by atoms with Crippen LogP contribution >= 0.6 is 0 Å². The van der Waals surface area contributed by atoms with E-state index < -0.39 is 60.6 Å². The number of allylic oxidation sites excluding steroid dienone is 2. The summed E-state index contributed by atoms with van der Waals surface area (Å²) >= 11 is 0. The summed E-state index contributed by atoms with van der Waals surface area (Å²) in [4.78, 5) is 26.8. The molecule has 11 atom stereocenters. The summed E-state index contributed by atoms with van der Waals surface area (Å²) in [6, 6.07) is 9.40. The van der Waals surface area contributed by atoms with E-state index in [9.17, 15) is 9.59 Å². The molecule has 65 heavy (non-hydrogen) atoms. The maximum atomic E-state index is 14.1. The Hall–Kier alpha value is -1.43. The lowest BCUT2D eigenvalue weighted by atomic mass is 9.88. The molecular formula is C52H98O10Si3. The number of hydrogen-bond acceptors (Lipinski definition) is 10. The first kappa shape index (κ1) is 59.7. The predicted octanol–water partition coefficient (Wildman–Crippen LogP) is 13.6. The van der Waals surface area contributed by atoms with Crippen LogP contribution in [0.25, 0.3) is 0 Å². The molecule has 0 amide bonds. The Labute approximate surface area is 401 Å². The van der Waals surface area contributed by atoms with Crippen molar-refractivity contribution in [1.82, 2.24) is 0 Å². The van der Waals surface area contributed by atoms with Crippen molar-refractivity contribution < 1.29 is 46.6 Å². The van der Waals surface area contributed by atoms with E-state index in [0.29, 0.717) is 25.4 Å². The highest BCUT2D eigenvalue weighted by Crippen LogP contribution is 2.43. The summed E-state index contributed by atoms with van der Waals surface area (Å²) in [7, 11) is -5.95. The number of esters is 2. The number of cyclic esters (lactones) is 1. The van der Waals surface area contributed by atoms with Gasteiger partial charge in [-0.25, -0.2) is 0 Å². The summed E-state index contributed by atoms with van der Waals surface area (Å²) in [5.41, 5.74) is -0.625. The highest BCUT2D eigenvalue weighted by Gasteiger charge is 2.51. The van der Waals surface area contributed by atoms with E-state index in [1.54, 1.807) is 0 Å². The monoisotopic (exact) mass is 967 g/mol. The van der Waals surface area contributed by atoms with Gasteiger partial charge in [0.25, 0.3) is 0 Å².